The SMILES string of the molecule is COc1cc(C#CCCNC(=O)OCc2ccccc2)cnc1N. The number of carbonyl (C=O) groups excluding carboxylic acids is 1. The fraction of sp³-hybridized carbons (Fsp3) is 0.222. The first-order chi connectivity index (χ1) is 11.7. The number of hydrogen-bond donors (Lipinski definition) is 2. The molecule has 6 nitrogen and oxygen atoms in total. The number of carbonyl (C=O) groups is 1. The van der Waals surface area contributed by atoms with E-state index in [9.17, 15) is 4.79 Å². The van der Waals surface area contributed by atoms with E-state index in [4.69, 9.17) is 15.2 Å². The second-order valence-electron chi connectivity index (χ2n) is 4.85. The van der Waals surface area contributed by atoms with E-state index in [0.29, 0.717) is 30.1 Å². The van der Waals surface area contributed by atoms with Crippen molar-refractivity contribution in [1.29, 1.82) is 0 Å². The van der Waals surface area contributed by atoms with Crippen molar-refractivity contribution in [2.24, 2.45) is 0 Å². The van der Waals surface area contributed by atoms with E-state index in [1.807, 2.05) is 30.3 Å². The summed E-state index contributed by atoms with van der Waals surface area (Å²) in [4.78, 5) is 15.5. The molecule has 0 unspecified atom stereocenters. The number of ether oxygens (including phenoxy) is 2. The van der Waals surface area contributed by atoms with Gasteiger partial charge in [0.25, 0.3) is 0 Å². The van der Waals surface area contributed by atoms with Crippen molar-refractivity contribution in [2.75, 3.05) is 19.4 Å². The third-order valence-electron chi connectivity index (χ3n) is 3.07. The highest BCUT2D eigenvalue weighted by atomic mass is 16.5. The first-order valence-corrected chi connectivity index (χ1v) is 7.42. The van der Waals surface area contributed by atoms with Gasteiger partial charge < -0.3 is 20.5 Å². The van der Waals surface area contributed by atoms with Gasteiger partial charge in [-0.3, -0.25) is 0 Å². The molecule has 0 saturated heterocycles. The van der Waals surface area contributed by atoms with E-state index in [0.717, 1.165) is 5.56 Å². The van der Waals surface area contributed by atoms with Gasteiger partial charge in [-0.15, -0.1) is 0 Å². The summed E-state index contributed by atoms with van der Waals surface area (Å²) in [5.41, 5.74) is 7.28. The Labute approximate surface area is 141 Å². The van der Waals surface area contributed by atoms with E-state index >= 15 is 0 Å². The van der Waals surface area contributed by atoms with Crippen molar-refractivity contribution in [3.8, 4) is 17.6 Å². The van der Waals surface area contributed by atoms with Gasteiger partial charge in [0.15, 0.2) is 11.6 Å². The van der Waals surface area contributed by atoms with Crippen LogP contribution in [0.3, 0.4) is 0 Å². The lowest BCUT2D eigenvalue weighted by molar-refractivity contribution is 0.140. The molecule has 0 aliphatic carbocycles. The molecule has 0 radical (unpaired) electrons. The lowest BCUT2D eigenvalue weighted by Gasteiger charge is -2.05. The van der Waals surface area contributed by atoms with E-state index in [-0.39, 0.29) is 6.61 Å². The van der Waals surface area contributed by atoms with Gasteiger partial charge in [-0.2, -0.15) is 0 Å². The monoisotopic (exact) mass is 325 g/mol. The van der Waals surface area contributed by atoms with Gasteiger partial charge in [-0.25, -0.2) is 9.78 Å². The third kappa shape index (κ3) is 5.54. The lowest BCUT2D eigenvalue weighted by atomic mass is 10.2. The lowest BCUT2D eigenvalue weighted by Crippen LogP contribution is -2.24. The molecule has 1 heterocycles. The smallest absolute Gasteiger partial charge is 0.407 e. The summed E-state index contributed by atoms with van der Waals surface area (Å²) >= 11 is 0. The van der Waals surface area contributed by atoms with Crippen LogP contribution in [0, 0.1) is 11.8 Å². The average molecular weight is 325 g/mol. The number of nitrogens with two attached hydrogens (primary N) is 1. The highest BCUT2D eigenvalue weighted by molar-refractivity contribution is 5.67. The summed E-state index contributed by atoms with van der Waals surface area (Å²) < 4.78 is 10.2. The van der Waals surface area contributed by atoms with Crippen LogP contribution >= 0.6 is 0 Å². The number of nitrogens with one attached hydrogen (secondary N) is 1. The zero-order valence-corrected chi connectivity index (χ0v) is 13.4. The number of benzene rings is 1. The fourth-order valence-electron chi connectivity index (χ4n) is 1.85. The molecule has 2 rings (SSSR count). The van der Waals surface area contributed by atoms with Gasteiger partial charge in [-0.05, 0) is 5.56 Å². The summed E-state index contributed by atoms with van der Waals surface area (Å²) in [7, 11) is 1.52. The zero-order valence-electron chi connectivity index (χ0n) is 13.4. The molecule has 0 atom stereocenters. The van der Waals surface area contributed by atoms with Gasteiger partial charge in [0.1, 0.15) is 6.61 Å². The molecule has 124 valence electrons. The summed E-state index contributed by atoms with van der Waals surface area (Å²) in [5.74, 6) is 6.70. The molecule has 0 spiro atoms. The summed E-state index contributed by atoms with van der Waals surface area (Å²) in [5, 5.41) is 2.65. The molecule has 1 aromatic heterocycles. The molecule has 2 aromatic rings. The summed E-state index contributed by atoms with van der Waals surface area (Å²) in [6.45, 7) is 0.648. The first kappa shape index (κ1) is 17.2. The molecular weight excluding hydrogens is 306 g/mol. The maximum atomic E-state index is 11.5. The number of hydrogen-bond acceptors (Lipinski definition) is 5. The summed E-state index contributed by atoms with van der Waals surface area (Å²) in [6.07, 6.45) is 1.61. The number of nitrogen functional groups attached to an aromatic ring is 1. The molecular formula is C18H19N3O3. The van der Waals surface area contributed by atoms with Gasteiger partial charge in [-0.1, -0.05) is 42.2 Å². The normalized spacial score (nSPS) is 9.54. The maximum Gasteiger partial charge on any atom is 0.407 e. The number of amides is 1. The second-order valence-corrected chi connectivity index (χ2v) is 4.85. The van der Waals surface area contributed by atoms with Gasteiger partial charge >= 0.3 is 6.09 Å². The number of rotatable bonds is 5. The Kier molecular flexibility index (Phi) is 6.47. The number of pyridine rings is 1. The zero-order chi connectivity index (χ0) is 17.2. The van der Waals surface area contributed by atoms with Crippen LogP contribution in [-0.2, 0) is 11.3 Å². The van der Waals surface area contributed by atoms with Crippen molar-refractivity contribution in [1.82, 2.24) is 10.3 Å². The van der Waals surface area contributed by atoms with Crippen LogP contribution < -0.4 is 15.8 Å². The van der Waals surface area contributed by atoms with Crippen molar-refractivity contribution < 1.29 is 14.3 Å². The second kappa shape index (κ2) is 9.06. The Morgan fingerprint density at radius 3 is 2.88 bits per heavy atom. The Balaban J connectivity index is 1.70. The van der Waals surface area contributed by atoms with Crippen molar-refractivity contribution in [2.45, 2.75) is 13.0 Å². The Morgan fingerprint density at radius 1 is 1.33 bits per heavy atom. The Morgan fingerprint density at radius 2 is 2.12 bits per heavy atom. The molecule has 3 N–H and O–H groups in total. The van der Waals surface area contributed by atoms with Crippen molar-refractivity contribution in [3.63, 3.8) is 0 Å². The topological polar surface area (TPSA) is 86.5 Å². The number of methoxy groups -OCH3 is 1. The highest BCUT2D eigenvalue weighted by Gasteiger charge is 2.01. The minimum absolute atomic E-state index is 0.245. The number of anilines is 1. The van der Waals surface area contributed by atoms with Gasteiger partial charge in [0.05, 0.1) is 7.11 Å². The molecule has 0 fully saturated rings. The molecule has 0 aliphatic heterocycles. The first-order valence-electron chi connectivity index (χ1n) is 7.42. The number of nitrogens with zero attached hydrogens (tertiary/aromatic N) is 1. The van der Waals surface area contributed by atoms with Crippen LogP contribution in [0.1, 0.15) is 17.5 Å². The molecule has 24 heavy (non-hydrogen) atoms. The maximum absolute atomic E-state index is 11.5. The van der Waals surface area contributed by atoms with Crippen LogP contribution in [0.25, 0.3) is 0 Å². The van der Waals surface area contributed by atoms with E-state index < -0.39 is 6.09 Å². The standard InChI is InChI=1S/C18H19N3O3/c1-23-16-11-15(12-21-17(16)19)9-5-6-10-20-18(22)24-13-14-7-3-2-4-8-14/h2-4,7-8,11-12H,6,10,13H2,1H3,(H2,19,21)(H,20,22). The van der Waals surface area contributed by atoms with Gasteiger partial charge in [0, 0.05) is 30.8 Å². The molecule has 0 saturated carbocycles. The minimum Gasteiger partial charge on any atom is -0.493 e. The van der Waals surface area contributed by atoms with E-state index in [1.165, 1.54) is 7.11 Å². The third-order valence-corrected chi connectivity index (χ3v) is 3.07. The fourth-order valence-corrected chi connectivity index (χ4v) is 1.85. The Hall–Kier alpha value is -3.20. The summed E-state index contributed by atoms with van der Waals surface area (Å²) in [6, 6.07) is 11.2. The van der Waals surface area contributed by atoms with Crippen LogP contribution in [0.15, 0.2) is 42.6 Å². The molecule has 1 aromatic carbocycles. The predicted octanol–water partition coefficient (Wildman–Crippen LogP) is 2.34. The molecule has 0 aliphatic rings. The van der Waals surface area contributed by atoms with E-state index in [2.05, 4.69) is 22.1 Å². The molecule has 1 amide bonds. The number of aromatic nitrogens is 1. The van der Waals surface area contributed by atoms with Crippen LogP contribution in [0.5, 0.6) is 5.75 Å². The van der Waals surface area contributed by atoms with Gasteiger partial charge in [0.2, 0.25) is 0 Å². The molecule has 0 bridgehead atoms. The van der Waals surface area contributed by atoms with Crippen LogP contribution in [-0.4, -0.2) is 24.7 Å². The van der Waals surface area contributed by atoms with Crippen molar-refractivity contribution >= 4 is 11.9 Å². The molecule has 6 heteroatoms. The van der Waals surface area contributed by atoms with Crippen LogP contribution in [0.2, 0.25) is 0 Å². The Bertz CT molecular complexity index is 736. The van der Waals surface area contributed by atoms with Crippen LogP contribution in [0.4, 0.5) is 10.6 Å². The quantitative estimate of drug-likeness (QED) is 0.651. The number of alkyl carbamates (subject to hydrolysis) is 1. The minimum atomic E-state index is -0.462. The van der Waals surface area contributed by atoms with Crippen molar-refractivity contribution in [3.05, 3.63) is 53.7 Å². The predicted molar refractivity (Wildman–Crippen MR) is 91.3 cm³/mol. The average Bonchev–Trinajstić information content (AvgIpc) is 2.62. The largest absolute Gasteiger partial charge is 0.493 e. The highest BCUT2D eigenvalue weighted by Crippen LogP contribution is 2.18. The van der Waals surface area contributed by atoms with E-state index in [1.54, 1.807) is 12.3 Å².